The first-order valence-electron chi connectivity index (χ1n) is 10.8. The van der Waals surface area contributed by atoms with Crippen LogP contribution in [0.4, 0.5) is 5.69 Å². The lowest BCUT2D eigenvalue weighted by molar-refractivity contribution is -0.144. The molecule has 9 nitrogen and oxygen atoms in total. The number of halogens is 1. The van der Waals surface area contributed by atoms with Gasteiger partial charge in [-0.3, -0.25) is 4.79 Å². The molecule has 34 heavy (non-hydrogen) atoms. The quantitative estimate of drug-likeness (QED) is 0.324. The van der Waals surface area contributed by atoms with E-state index in [-0.39, 0.29) is 36.2 Å². The number of rotatable bonds is 8. The maximum atomic E-state index is 13.0. The number of aryl methyl sites for hydroxylation is 1. The van der Waals surface area contributed by atoms with Crippen molar-refractivity contribution in [1.82, 2.24) is 4.98 Å². The summed E-state index contributed by atoms with van der Waals surface area (Å²) in [7, 11) is 0. The lowest BCUT2D eigenvalue weighted by Crippen LogP contribution is -2.24. The molecule has 1 aliphatic carbocycles. The zero-order valence-electron chi connectivity index (χ0n) is 18.4. The molecule has 3 aromatic rings. The number of aromatic nitrogens is 1. The maximum absolute atomic E-state index is 13.0. The zero-order valence-corrected chi connectivity index (χ0v) is 19.1. The number of aliphatic carboxylic acids is 1. The third-order valence-electron chi connectivity index (χ3n) is 6.01. The van der Waals surface area contributed by atoms with Gasteiger partial charge in [0.25, 0.3) is 0 Å². The number of carbonyl (C=O) groups excluding carboxylic acids is 1. The monoisotopic (exact) mass is 485 g/mol. The van der Waals surface area contributed by atoms with Crippen molar-refractivity contribution in [2.45, 2.75) is 44.8 Å². The van der Waals surface area contributed by atoms with E-state index in [1.165, 1.54) is 6.92 Å². The van der Waals surface area contributed by atoms with E-state index in [0.29, 0.717) is 40.2 Å². The predicted octanol–water partition coefficient (Wildman–Crippen LogP) is 3.89. The van der Waals surface area contributed by atoms with Gasteiger partial charge in [-0.2, -0.15) is 0 Å². The van der Waals surface area contributed by atoms with E-state index in [2.05, 4.69) is 10.3 Å². The Bertz CT molecular complexity index is 1300. The Balaban J connectivity index is 1.61. The summed E-state index contributed by atoms with van der Waals surface area (Å²) in [6.45, 7) is 1.61. The van der Waals surface area contributed by atoms with Gasteiger partial charge in [0.15, 0.2) is 6.10 Å². The van der Waals surface area contributed by atoms with E-state index in [9.17, 15) is 24.6 Å². The third-order valence-corrected chi connectivity index (χ3v) is 6.22. The first kappa shape index (κ1) is 23.6. The van der Waals surface area contributed by atoms with Crippen LogP contribution in [0.5, 0.6) is 5.75 Å². The number of aromatic amines is 1. The summed E-state index contributed by atoms with van der Waals surface area (Å²) >= 11 is 6.18. The number of hydrogen-bond donors (Lipinski definition) is 5. The minimum Gasteiger partial charge on any atom is -0.479 e. The molecule has 0 saturated carbocycles. The molecule has 1 aromatic heterocycles. The van der Waals surface area contributed by atoms with Crippen molar-refractivity contribution in [2.24, 2.45) is 5.73 Å². The molecule has 0 radical (unpaired) electrons. The molecule has 2 atom stereocenters. The predicted molar refractivity (Wildman–Crippen MR) is 127 cm³/mol. The van der Waals surface area contributed by atoms with E-state index in [0.717, 1.165) is 10.9 Å². The summed E-state index contributed by atoms with van der Waals surface area (Å²) in [5.41, 5.74) is 8.96. The zero-order chi connectivity index (χ0) is 24.6. The van der Waals surface area contributed by atoms with Crippen LogP contribution in [0, 0.1) is 0 Å². The van der Waals surface area contributed by atoms with Gasteiger partial charge in [-0.25, -0.2) is 9.59 Å². The molecule has 1 amide bonds. The Morgan fingerprint density at radius 1 is 1.26 bits per heavy atom. The van der Waals surface area contributed by atoms with Gasteiger partial charge in [0.1, 0.15) is 11.4 Å². The lowest BCUT2D eigenvalue weighted by atomic mass is 9.81. The van der Waals surface area contributed by atoms with E-state index < -0.39 is 18.0 Å². The van der Waals surface area contributed by atoms with Crippen molar-refractivity contribution in [1.29, 1.82) is 0 Å². The number of amides is 1. The summed E-state index contributed by atoms with van der Waals surface area (Å²) < 4.78 is 5.52. The molecular weight excluding hydrogens is 462 g/mol. The Labute approximate surface area is 199 Å². The molecular formula is C24H24ClN3O6. The Morgan fingerprint density at radius 2 is 2.03 bits per heavy atom. The highest BCUT2D eigenvalue weighted by atomic mass is 35.5. The largest absolute Gasteiger partial charge is 0.479 e. The summed E-state index contributed by atoms with van der Waals surface area (Å²) in [6, 6.07) is 8.43. The van der Waals surface area contributed by atoms with Crippen molar-refractivity contribution in [3.63, 3.8) is 0 Å². The first-order chi connectivity index (χ1) is 16.2. The molecule has 1 heterocycles. The van der Waals surface area contributed by atoms with E-state index >= 15 is 0 Å². The van der Waals surface area contributed by atoms with Gasteiger partial charge in [0.2, 0.25) is 5.91 Å². The second-order valence-corrected chi connectivity index (χ2v) is 8.76. The molecule has 0 bridgehead atoms. The molecule has 0 aliphatic heterocycles. The van der Waals surface area contributed by atoms with E-state index in [1.54, 1.807) is 24.3 Å². The number of anilines is 1. The molecule has 0 spiro atoms. The maximum Gasteiger partial charge on any atom is 0.352 e. The Kier molecular flexibility index (Phi) is 6.49. The second-order valence-electron chi connectivity index (χ2n) is 8.33. The highest BCUT2D eigenvalue weighted by molar-refractivity contribution is 6.31. The van der Waals surface area contributed by atoms with Crippen LogP contribution in [0.25, 0.3) is 10.9 Å². The van der Waals surface area contributed by atoms with E-state index in [1.807, 2.05) is 6.07 Å². The number of aromatic carboxylic acids is 1. The van der Waals surface area contributed by atoms with Crippen LogP contribution in [0.1, 0.15) is 52.9 Å². The van der Waals surface area contributed by atoms with Crippen LogP contribution < -0.4 is 15.8 Å². The van der Waals surface area contributed by atoms with Crippen LogP contribution in [0.2, 0.25) is 5.02 Å². The third kappa shape index (κ3) is 4.57. The van der Waals surface area contributed by atoms with Crippen LogP contribution in [-0.2, 0) is 22.6 Å². The van der Waals surface area contributed by atoms with Gasteiger partial charge in [0, 0.05) is 28.9 Å². The minimum absolute atomic E-state index is 0.0435. The van der Waals surface area contributed by atoms with Crippen LogP contribution in [0.3, 0.4) is 0 Å². The van der Waals surface area contributed by atoms with Crippen molar-refractivity contribution in [3.05, 3.63) is 57.7 Å². The number of nitrogens with one attached hydrogen (secondary N) is 2. The number of carboxylic acids is 2. The molecule has 178 valence electrons. The molecule has 0 fully saturated rings. The summed E-state index contributed by atoms with van der Waals surface area (Å²) in [5, 5.41) is 23.0. The fourth-order valence-corrected chi connectivity index (χ4v) is 4.66. The number of carbonyl (C=O) groups is 3. The second kappa shape index (κ2) is 9.36. The number of ether oxygens (including phenoxy) is 1. The van der Waals surface area contributed by atoms with Gasteiger partial charge >= 0.3 is 11.9 Å². The Morgan fingerprint density at radius 3 is 2.71 bits per heavy atom. The smallest absolute Gasteiger partial charge is 0.352 e. The minimum atomic E-state index is -1.14. The lowest BCUT2D eigenvalue weighted by Gasteiger charge is -2.23. The molecule has 4 rings (SSSR count). The highest BCUT2D eigenvalue weighted by Crippen LogP contribution is 2.42. The molecule has 1 unspecified atom stereocenters. The fraction of sp³-hybridized carbons (Fsp3) is 0.292. The number of H-pyrrole nitrogens is 1. The summed E-state index contributed by atoms with van der Waals surface area (Å²) in [5.74, 6) is -2.71. The van der Waals surface area contributed by atoms with Gasteiger partial charge < -0.3 is 31.0 Å². The fourth-order valence-electron chi connectivity index (χ4n) is 4.42. The molecule has 10 heteroatoms. The van der Waals surface area contributed by atoms with Crippen LogP contribution >= 0.6 is 11.6 Å². The van der Waals surface area contributed by atoms with Gasteiger partial charge in [-0.1, -0.05) is 17.7 Å². The normalized spacial score (nSPS) is 15.7. The van der Waals surface area contributed by atoms with Gasteiger partial charge in [-0.15, -0.1) is 0 Å². The summed E-state index contributed by atoms with van der Waals surface area (Å²) in [6.07, 6.45) is 0.160. The van der Waals surface area contributed by atoms with Gasteiger partial charge in [0.05, 0.1) is 5.69 Å². The van der Waals surface area contributed by atoms with Crippen molar-refractivity contribution in [2.75, 3.05) is 5.32 Å². The number of nitrogens with two attached hydrogens (primary N) is 1. The van der Waals surface area contributed by atoms with Crippen LogP contribution in [0.15, 0.2) is 30.3 Å². The van der Waals surface area contributed by atoms with E-state index in [4.69, 9.17) is 22.1 Å². The molecule has 2 aromatic carbocycles. The highest BCUT2D eigenvalue weighted by Gasteiger charge is 2.31. The molecule has 0 saturated heterocycles. The van der Waals surface area contributed by atoms with Crippen molar-refractivity contribution < 1.29 is 29.3 Å². The molecule has 6 N–H and O–H groups in total. The average Bonchev–Trinajstić information content (AvgIpc) is 3.17. The Hall–Kier alpha value is -3.56. The molecule has 1 aliphatic rings. The summed E-state index contributed by atoms with van der Waals surface area (Å²) in [4.78, 5) is 39.1. The number of carboxylic acid groups (broad SMARTS) is 2. The first-order valence-corrected chi connectivity index (χ1v) is 11.1. The topological polar surface area (TPSA) is 155 Å². The van der Waals surface area contributed by atoms with Crippen LogP contribution in [-0.4, -0.2) is 39.1 Å². The standard InChI is InChI=1S/C24H24ClN3O6/c1-11(23(30)31)34-18-6-12(10-26)2-5-16(18)27-19(29)8-14-4-3-13-7-15(25)9-17-20(13)21(14)22(28-17)24(32)33/h2,5-7,9,11,14,28H,3-4,8,10,26H2,1H3,(H,27,29)(H,30,31)(H,32,33)/t11?,14-/m0/s1. The van der Waals surface area contributed by atoms with Gasteiger partial charge in [-0.05, 0) is 66.6 Å². The SMILES string of the molecule is CC(Oc1cc(CN)ccc1NC(=O)C[C@@H]1CCc2cc(Cl)cc3[nH]c(C(=O)O)c1c23)C(=O)O. The number of hydrogen-bond acceptors (Lipinski definition) is 5. The average molecular weight is 486 g/mol. The van der Waals surface area contributed by atoms with Crippen molar-refractivity contribution >= 4 is 46.0 Å². The van der Waals surface area contributed by atoms with Crippen molar-refractivity contribution in [3.8, 4) is 5.75 Å². The number of benzene rings is 2.